The summed E-state index contributed by atoms with van der Waals surface area (Å²) in [7, 11) is -3.62. The molecule has 1 amide bonds. The average molecular weight is 431 g/mol. The summed E-state index contributed by atoms with van der Waals surface area (Å²) in [5, 5.41) is 0. The second kappa shape index (κ2) is 8.30. The lowest BCUT2D eigenvalue weighted by atomic mass is 9.92. The number of amides is 1. The van der Waals surface area contributed by atoms with Crippen LogP contribution in [0.4, 0.5) is 11.4 Å². The molecule has 30 heavy (non-hydrogen) atoms. The molecule has 162 valence electrons. The largest absolute Gasteiger partial charge is 0.490 e. The molecular weight excluding hydrogens is 400 g/mol. The molecule has 2 aromatic rings. The first kappa shape index (κ1) is 22.2. The fourth-order valence-electron chi connectivity index (χ4n) is 3.45. The van der Waals surface area contributed by atoms with E-state index in [1.165, 1.54) is 0 Å². The van der Waals surface area contributed by atoms with Crippen molar-refractivity contribution in [1.82, 2.24) is 0 Å². The zero-order chi connectivity index (χ0) is 22.1. The Hall–Kier alpha value is -2.54. The first-order chi connectivity index (χ1) is 14.0. The van der Waals surface area contributed by atoms with E-state index in [1.807, 2.05) is 58.9 Å². The molecule has 7 heteroatoms. The van der Waals surface area contributed by atoms with Gasteiger partial charge in [0, 0.05) is 6.54 Å². The van der Waals surface area contributed by atoms with Crippen LogP contribution in [0.2, 0.25) is 0 Å². The number of aryl methyl sites for hydroxylation is 1. The molecule has 0 aromatic heterocycles. The van der Waals surface area contributed by atoms with E-state index >= 15 is 0 Å². The SMILES string of the molecule is Cc1ccccc1CS(=O)(=O)Nc1ccc2c(c1)N(CC(C)C)C(=O)C(C)(C)CO2. The molecule has 0 saturated heterocycles. The predicted octanol–water partition coefficient (Wildman–Crippen LogP) is 4.34. The molecule has 0 unspecified atom stereocenters. The van der Waals surface area contributed by atoms with Crippen LogP contribution in [0.3, 0.4) is 0 Å². The topological polar surface area (TPSA) is 75.7 Å². The maximum absolute atomic E-state index is 13.1. The Morgan fingerprint density at radius 1 is 1.17 bits per heavy atom. The fraction of sp³-hybridized carbons (Fsp3) is 0.435. The van der Waals surface area contributed by atoms with Crippen molar-refractivity contribution in [2.75, 3.05) is 22.8 Å². The quantitative estimate of drug-likeness (QED) is 0.739. The molecule has 2 aromatic carbocycles. The molecule has 1 N–H and O–H groups in total. The highest BCUT2D eigenvalue weighted by Crippen LogP contribution is 2.39. The molecule has 0 spiro atoms. The molecule has 1 heterocycles. The highest BCUT2D eigenvalue weighted by atomic mass is 32.2. The van der Waals surface area contributed by atoms with E-state index < -0.39 is 15.4 Å². The summed E-state index contributed by atoms with van der Waals surface area (Å²) in [4.78, 5) is 14.9. The lowest BCUT2D eigenvalue weighted by Gasteiger charge is -2.29. The minimum Gasteiger partial charge on any atom is -0.490 e. The van der Waals surface area contributed by atoms with Gasteiger partial charge in [-0.2, -0.15) is 0 Å². The maximum atomic E-state index is 13.1. The number of benzene rings is 2. The Bertz CT molecular complexity index is 1040. The van der Waals surface area contributed by atoms with Crippen LogP contribution in [-0.2, 0) is 20.6 Å². The van der Waals surface area contributed by atoms with E-state index in [0.29, 0.717) is 23.7 Å². The van der Waals surface area contributed by atoms with Gasteiger partial charge in [-0.15, -0.1) is 0 Å². The summed E-state index contributed by atoms with van der Waals surface area (Å²) in [6.45, 7) is 10.5. The second-order valence-corrected chi connectivity index (χ2v) is 10.7. The number of nitrogens with one attached hydrogen (secondary N) is 1. The van der Waals surface area contributed by atoms with Gasteiger partial charge in [-0.05, 0) is 56.0 Å². The summed E-state index contributed by atoms with van der Waals surface area (Å²) in [6, 6.07) is 12.5. The summed E-state index contributed by atoms with van der Waals surface area (Å²) in [6.07, 6.45) is 0. The second-order valence-electron chi connectivity index (χ2n) is 8.95. The third kappa shape index (κ3) is 4.95. The van der Waals surface area contributed by atoms with E-state index in [2.05, 4.69) is 4.72 Å². The van der Waals surface area contributed by atoms with Gasteiger partial charge in [0.2, 0.25) is 15.9 Å². The summed E-state index contributed by atoms with van der Waals surface area (Å²) in [5.41, 5.74) is 2.01. The number of anilines is 2. The van der Waals surface area contributed by atoms with Gasteiger partial charge < -0.3 is 9.64 Å². The van der Waals surface area contributed by atoms with E-state index in [-0.39, 0.29) is 24.2 Å². The van der Waals surface area contributed by atoms with Gasteiger partial charge in [-0.3, -0.25) is 9.52 Å². The van der Waals surface area contributed by atoms with Gasteiger partial charge in [0.1, 0.15) is 12.4 Å². The van der Waals surface area contributed by atoms with Gasteiger partial charge in [0.15, 0.2) is 0 Å². The molecule has 0 atom stereocenters. The molecule has 6 nitrogen and oxygen atoms in total. The molecule has 1 aliphatic heterocycles. The van der Waals surface area contributed by atoms with E-state index in [9.17, 15) is 13.2 Å². The average Bonchev–Trinajstić information content (AvgIpc) is 2.73. The van der Waals surface area contributed by atoms with Gasteiger partial charge in [0.25, 0.3) is 0 Å². The summed E-state index contributed by atoms with van der Waals surface area (Å²) in [5.74, 6) is 0.679. The van der Waals surface area contributed by atoms with Gasteiger partial charge >= 0.3 is 0 Å². The number of fused-ring (bicyclic) bond motifs is 1. The van der Waals surface area contributed by atoms with Crippen molar-refractivity contribution < 1.29 is 17.9 Å². The summed E-state index contributed by atoms with van der Waals surface area (Å²) < 4.78 is 34.1. The molecule has 1 aliphatic rings. The first-order valence-corrected chi connectivity index (χ1v) is 11.8. The number of hydrogen-bond donors (Lipinski definition) is 1. The molecule has 0 radical (unpaired) electrons. The molecular formula is C23H30N2O4S. The van der Waals surface area contributed by atoms with Crippen molar-refractivity contribution in [1.29, 1.82) is 0 Å². The Balaban J connectivity index is 1.92. The van der Waals surface area contributed by atoms with Crippen LogP contribution in [0, 0.1) is 18.3 Å². The lowest BCUT2D eigenvalue weighted by Crippen LogP contribution is -2.43. The van der Waals surface area contributed by atoms with Crippen LogP contribution >= 0.6 is 0 Å². The number of sulfonamides is 1. The lowest BCUT2D eigenvalue weighted by molar-refractivity contribution is -0.127. The molecule has 0 saturated carbocycles. The van der Waals surface area contributed by atoms with Crippen LogP contribution in [0.25, 0.3) is 0 Å². The monoisotopic (exact) mass is 430 g/mol. The number of hydrogen-bond acceptors (Lipinski definition) is 4. The molecule has 0 bridgehead atoms. The zero-order valence-electron chi connectivity index (χ0n) is 18.2. The van der Waals surface area contributed by atoms with Gasteiger partial charge in [0.05, 0.1) is 22.5 Å². The minimum absolute atomic E-state index is 0.0325. The minimum atomic E-state index is -3.62. The number of rotatable bonds is 6. The van der Waals surface area contributed by atoms with Gasteiger partial charge in [-0.25, -0.2) is 8.42 Å². The summed E-state index contributed by atoms with van der Waals surface area (Å²) >= 11 is 0. The number of ether oxygens (including phenoxy) is 1. The van der Waals surface area contributed by atoms with Crippen molar-refractivity contribution in [3.05, 3.63) is 53.6 Å². The van der Waals surface area contributed by atoms with Crippen LogP contribution in [-0.4, -0.2) is 27.5 Å². The standard InChI is InChI=1S/C23H30N2O4S/c1-16(2)13-25-20-12-19(10-11-21(20)29-15-23(4,5)22(25)26)24-30(27,28)14-18-9-7-6-8-17(18)3/h6-12,16,24H,13-15H2,1-5H3. The van der Waals surface area contributed by atoms with E-state index in [1.54, 1.807) is 23.1 Å². The highest BCUT2D eigenvalue weighted by Gasteiger charge is 2.38. The third-order valence-corrected chi connectivity index (χ3v) is 6.33. The van der Waals surface area contributed by atoms with Crippen molar-refractivity contribution in [2.24, 2.45) is 11.3 Å². The van der Waals surface area contributed by atoms with Crippen molar-refractivity contribution in [3.8, 4) is 5.75 Å². The van der Waals surface area contributed by atoms with Crippen LogP contribution < -0.4 is 14.4 Å². The van der Waals surface area contributed by atoms with Crippen molar-refractivity contribution in [3.63, 3.8) is 0 Å². The van der Waals surface area contributed by atoms with E-state index in [0.717, 1.165) is 11.1 Å². The third-order valence-electron chi connectivity index (χ3n) is 5.09. The Morgan fingerprint density at radius 3 is 2.53 bits per heavy atom. The van der Waals surface area contributed by atoms with Gasteiger partial charge in [-0.1, -0.05) is 38.1 Å². The Kier molecular flexibility index (Phi) is 6.13. The zero-order valence-corrected chi connectivity index (χ0v) is 19.0. The molecule has 3 rings (SSSR count). The van der Waals surface area contributed by atoms with E-state index in [4.69, 9.17) is 4.74 Å². The van der Waals surface area contributed by atoms with Crippen molar-refractivity contribution >= 4 is 27.3 Å². The number of carbonyl (C=O) groups excluding carboxylic acids is 1. The highest BCUT2D eigenvalue weighted by molar-refractivity contribution is 7.91. The Morgan fingerprint density at radius 2 is 1.87 bits per heavy atom. The number of nitrogens with zero attached hydrogens (tertiary/aromatic N) is 1. The fourth-order valence-corrected chi connectivity index (χ4v) is 4.74. The van der Waals surface area contributed by atoms with Crippen LogP contribution in [0.15, 0.2) is 42.5 Å². The normalized spacial score (nSPS) is 16.1. The Labute approximate surface area is 179 Å². The maximum Gasteiger partial charge on any atom is 0.236 e. The number of carbonyl (C=O) groups is 1. The predicted molar refractivity (Wildman–Crippen MR) is 120 cm³/mol. The van der Waals surface area contributed by atoms with Crippen LogP contribution in [0.5, 0.6) is 5.75 Å². The molecule has 0 aliphatic carbocycles. The van der Waals surface area contributed by atoms with Crippen LogP contribution in [0.1, 0.15) is 38.8 Å². The molecule has 0 fully saturated rings. The smallest absolute Gasteiger partial charge is 0.236 e. The van der Waals surface area contributed by atoms with Crippen molar-refractivity contribution in [2.45, 2.75) is 40.4 Å². The first-order valence-electron chi connectivity index (χ1n) is 10.1.